The van der Waals surface area contributed by atoms with Gasteiger partial charge in [-0.05, 0) is 35.6 Å². The van der Waals surface area contributed by atoms with Crippen LogP contribution in [0.3, 0.4) is 0 Å². The fourth-order valence-corrected chi connectivity index (χ4v) is 4.96. The van der Waals surface area contributed by atoms with E-state index >= 15 is 0 Å². The summed E-state index contributed by atoms with van der Waals surface area (Å²) in [6.07, 6.45) is 1.27. The molecule has 1 aromatic carbocycles. The first-order valence-corrected chi connectivity index (χ1v) is 9.11. The number of rotatable bonds is 4. The van der Waals surface area contributed by atoms with Crippen LogP contribution in [0.4, 0.5) is 0 Å². The number of aryl methyl sites for hydroxylation is 1. The van der Waals surface area contributed by atoms with Crippen LogP contribution in [0.5, 0.6) is 0 Å². The maximum atomic E-state index is 12.0. The first kappa shape index (κ1) is 15.4. The monoisotopic (exact) mass is 336 g/mol. The number of carbonyl (C=O) groups excluding carboxylic acids is 1. The predicted molar refractivity (Wildman–Crippen MR) is 86.9 cm³/mol. The van der Waals surface area contributed by atoms with E-state index in [1.54, 1.807) is 6.92 Å². The van der Waals surface area contributed by atoms with Crippen LogP contribution in [-0.2, 0) is 11.3 Å². The molecule has 0 spiro atoms. The van der Waals surface area contributed by atoms with Gasteiger partial charge < -0.3 is 9.15 Å². The number of ether oxygens (including phenoxy) is 1. The van der Waals surface area contributed by atoms with Crippen molar-refractivity contribution < 1.29 is 13.9 Å². The van der Waals surface area contributed by atoms with Crippen molar-refractivity contribution in [3.05, 3.63) is 47.2 Å². The molecule has 0 aliphatic carbocycles. The molecule has 1 fully saturated rings. The molecule has 2 aromatic rings. The van der Waals surface area contributed by atoms with Crippen LogP contribution >= 0.6 is 23.5 Å². The highest BCUT2D eigenvalue weighted by molar-refractivity contribution is 8.16. The summed E-state index contributed by atoms with van der Waals surface area (Å²) in [7, 11) is 0. The molecule has 0 radical (unpaired) electrons. The van der Waals surface area contributed by atoms with E-state index in [9.17, 15) is 4.79 Å². The van der Waals surface area contributed by atoms with Crippen molar-refractivity contribution in [2.75, 3.05) is 11.5 Å². The van der Waals surface area contributed by atoms with Crippen molar-refractivity contribution in [1.29, 1.82) is 0 Å². The van der Waals surface area contributed by atoms with E-state index in [-0.39, 0.29) is 12.6 Å². The van der Waals surface area contributed by atoms with Crippen LogP contribution in [0.25, 0.3) is 0 Å². The van der Waals surface area contributed by atoms with Gasteiger partial charge in [0.2, 0.25) is 5.89 Å². The quantitative estimate of drug-likeness (QED) is 0.790. The van der Waals surface area contributed by atoms with E-state index in [0.717, 1.165) is 0 Å². The maximum absolute atomic E-state index is 12.0. The van der Waals surface area contributed by atoms with Gasteiger partial charge in [0.1, 0.15) is 0 Å². The Balaban J connectivity index is 1.58. The third-order valence-corrected chi connectivity index (χ3v) is 6.16. The van der Waals surface area contributed by atoms with Crippen molar-refractivity contribution >= 4 is 29.5 Å². The molecule has 22 heavy (non-hydrogen) atoms. The Labute approximate surface area is 137 Å². The van der Waals surface area contributed by atoms with Gasteiger partial charge in [-0.25, -0.2) is 4.79 Å². The van der Waals surface area contributed by atoms with Gasteiger partial charge in [-0.1, -0.05) is 12.1 Å². The van der Waals surface area contributed by atoms with Crippen molar-refractivity contribution in [3.8, 4) is 0 Å². The Bertz CT molecular complexity index is 636. The third-order valence-electron chi connectivity index (χ3n) is 3.14. The molecule has 3 rings (SSSR count). The Morgan fingerprint density at radius 2 is 2.00 bits per heavy atom. The lowest BCUT2D eigenvalue weighted by Gasteiger charge is -2.21. The fraction of sp³-hybridized carbons (Fsp3) is 0.400. The molecule has 1 aliphatic heterocycles. The molecule has 2 heterocycles. The van der Waals surface area contributed by atoms with Crippen molar-refractivity contribution in [2.24, 2.45) is 0 Å². The summed E-state index contributed by atoms with van der Waals surface area (Å²) in [4.78, 5) is 12.0. The molecule has 7 heteroatoms. The predicted octanol–water partition coefficient (Wildman–Crippen LogP) is 3.60. The summed E-state index contributed by atoms with van der Waals surface area (Å²) in [5, 5.41) is 7.48. The van der Waals surface area contributed by atoms with Crippen LogP contribution in [0.2, 0.25) is 0 Å². The zero-order valence-corrected chi connectivity index (χ0v) is 13.8. The highest BCUT2D eigenvalue weighted by atomic mass is 32.2. The molecule has 1 aromatic heterocycles. The van der Waals surface area contributed by atoms with E-state index in [2.05, 4.69) is 10.2 Å². The minimum atomic E-state index is -0.383. The number of benzene rings is 1. The van der Waals surface area contributed by atoms with Gasteiger partial charge in [0, 0.05) is 6.92 Å². The molecular weight excluding hydrogens is 320 g/mol. The molecule has 0 saturated carbocycles. The fourth-order valence-electron chi connectivity index (χ4n) is 2.06. The molecular formula is C15H16N2O3S2. The van der Waals surface area contributed by atoms with Gasteiger partial charge in [-0.2, -0.15) is 0 Å². The highest BCUT2D eigenvalue weighted by Crippen LogP contribution is 2.43. The van der Waals surface area contributed by atoms with Crippen LogP contribution in [0.15, 0.2) is 28.7 Å². The van der Waals surface area contributed by atoms with Gasteiger partial charge in [-0.3, -0.25) is 0 Å². The number of nitrogens with zero attached hydrogens (tertiary/aromatic N) is 2. The van der Waals surface area contributed by atoms with Gasteiger partial charge >= 0.3 is 5.97 Å². The van der Waals surface area contributed by atoms with E-state index in [1.165, 1.54) is 23.5 Å². The largest absolute Gasteiger partial charge is 0.452 e. The first-order chi connectivity index (χ1) is 10.7. The van der Waals surface area contributed by atoms with Crippen LogP contribution < -0.4 is 0 Å². The minimum Gasteiger partial charge on any atom is -0.452 e. The summed E-state index contributed by atoms with van der Waals surface area (Å²) >= 11 is 3.92. The van der Waals surface area contributed by atoms with Crippen molar-refractivity contribution in [1.82, 2.24) is 10.2 Å². The number of hydrogen-bond acceptors (Lipinski definition) is 7. The first-order valence-electron chi connectivity index (χ1n) is 7.01. The normalized spacial score (nSPS) is 15.7. The van der Waals surface area contributed by atoms with Crippen LogP contribution in [0.1, 0.15) is 38.7 Å². The Kier molecular flexibility index (Phi) is 5.04. The van der Waals surface area contributed by atoms with Crippen LogP contribution in [0, 0.1) is 6.92 Å². The second-order valence-corrected chi connectivity index (χ2v) is 7.56. The molecule has 1 aliphatic rings. The molecule has 1 saturated heterocycles. The lowest BCUT2D eigenvalue weighted by Crippen LogP contribution is -2.06. The molecule has 0 atom stereocenters. The molecule has 0 N–H and O–H groups in total. The zero-order valence-electron chi connectivity index (χ0n) is 12.2. The van der Waals surface area contributed by atoms with Crippen molar-refractivity contribution in [2.45, 2.75) is 24.5 Å². The van der Waals surface area contributed by atoms with E-state index in [4.69, 9.17) is 9.15 Å². The minimum absolute atomic E-state index is 0.00421. The Morgan fingerprint density at radius 1 is 1.27 bits per heavy atom. The molecule has 0 unspecified atom stereocenters. The zero-order chi connectivity index (χ0) is 15.4. The summed E-state index contributed by atoms with van der Waals surface area (Å²) in [5.41, 5.74) is 1.78. The maximum Gasteiger partial charge on any atom is 0.338 e. The Morgan fingerprint density at radius 3 is 2.64 bits per heavy atom. The average Bonchev–Trinajstić information content (AvgIpc) is 2.99. The number of aromatic nitrogens is 2. The molecule has 116 valence electrons. The van der Waals surface area contributed by atoms with E-state index in [1.807, 2.05) is 47.8 Å². The van der Waals surface area contributed by atoms with Gasteiger partial charge in [0.25, 0.3) is 5.89 Å². The second kappa shape index (κ2) is 7.19. The smallest absolute Gasteiger partial charge is 0.338 e. The molecule has 5 nitrogen and oxygen atoms in total. The second-order valence-electron chi connectivity index (χ2n) is 4.84. The number of esters is 1. The molecule has 0 amide bonds. The summed E-state index contributed by atoms with van der Waals surface area (Å²) in [6, 6.07) is 7.63. The van der Waals surface area contributed by atoms with Gasteiger partial charge in [0.05, 0.1) is 10.1 Å². The standard InChI is InChI=1S/C15H16N2O3S2/c1-10-16-17-13(20-10)9-19-14(18)11-3-5-12(6-4-11)15-21-7-2-8-22-15/h3-6,15H,2,7-9H2,1H3. The van der Waals surface area contributed by atoms with Crippen LogP contribution in [-0.4, -0.2) is 27.7 Å². The van der Waals surface area contributed by atoms with E-state index < -0.39 is 0 Å². The summed E-state index contributed by atoms with van der Waals surface area (Å²) < 4.78 is 10.8. The SMILES string of the molecule is Cc1nnc(COC(=O)c2ccc(C3SCCCS3)cc2)o1. The lowest BCUT2D eigenvalue weighted by atomic mass is 10.1. The number of carbonyl (C=O) groups is 1. The topological polar surface area (TPSA) is 65.2 Å². The number of hydrogen-bond donors (Lipinski definition) is 0. The van der Waals surface area contributed by atoms with Crippen molar-refractivity contribution in [3.63, 3.8) is 0 Å². The summed E-state index contributed by atoms with van der Waals surface area (Å²) in [5.74, 6) is 2.78. The summed E-state index contributed by atoms with van der Waals surface area (Å²) in [6.45, 7) is 1.69. The Hall–Kier alpha value is -1.47. The van der Waals surface area contributed by atoms with E-state index in [0.29, 0.717) is 21.9 Å². The van der Waals surface area contributed by atoms with Gasteiger partial charge in [0.15, 0.2) is 6.61 Å². The third kappa shape index (κ3) is 3.84. The highest BCUT2D eigenvalue weighted by Gasteiger charge is 2.17. The number of thioether (sulfide) groups is 2. The average molecular weight is 336 g/mol. The van der Waals surface area contributed by atoms with Gasteiger partial charge in [-0.15, -0.1) is 33.7 Å². The lowest BCUT2D eigenvalue weighted by molar-refractivity contribution is 0.0437. The molecule has 0 bridgehead atoms.